The van der Waals surface area contributed by atoms with Crippen LogP contribution in [0.2, 0.25) is 0 Å². The highest BCUT2D eigenvalue weighted by atomic mass is 32.2. The number of aliphatic hydroxyl groups is 1. The van der Waals surface area contributed by atoms with E-state index in [1.807, 2.05) is 0 Å². The Morgan fingerprint density at radius 3 is 2.90 bits per heavy atom. The summed E-state index contributed by atoms with van der Waals surface area (Å²) in [6.45, 7) is 0.281. The predicted octanol–water partition coefficient (Wildman–Crippen LogP) is 0.528. The van der Waals surface area contributed by atoms with Gasteiger partial charge in [-0.15, -0.1) is 0 Å². The minimum absolute atomic E-state index is 0.281. The van der Waals surface area contributed by atoms with Crippen molar-refractivity contribution in [2.45, 2.75) is 19.3 Å². The van der Waals surface area contributed by atoms with Gasteiger partial charge in [0.05, 0.1) is 0 Å². The van der Waals surface area contributed by atoms with E-state index in [4.69, 9.17) is 5.11 Å². The number of aliphatic hydroxyl groups excluding tert-OH is 1. The Kier molecular flexibility index (Phi) is 3.35. The summed E-state index contributed by atoms with van der Waals surface area (Å²) in [4.78, 5) is 0. The summed E-state index contributed by atoms with van der Waals surface area (Å²) in [5.41, 5.74) is 0. The maximum atomic E-state index is 10.9. The van der Waals surface area contributed by atoms with Crippen LogP contribution >= 0.6 is 0 Å². The van der Waals surface area contributed by atoms with E-state index in [1.54, 1.807) is 0 Å². The molecule has 10 heavy (non-hydrogen) atoms. The van der Waals surface area contributed by atoms with Gasteiger partial charge in [0.15, 0.2) is 0 Å². The lowest BCUT2D eigenvalue weighted by Gasteiger charge is -2.03. The van der Waals surface area contributed by atoms with Crippen LogP contribution in [0, 0.1) is 5.92 Å². The monoisotopic (exact) mass is 162 g/mol. The Labute approximate surface area is 64.1 Å². The Bertz CT molecular complexity index is 125. The Balaban J connectivity index is 2.12. The minimum atomic E-state index is -0.538. The van der Waals surface area contributed by atoms with Gasteiger partial charge < -0.3 is 5.11 Å². The second-order valence-corrected chi connectivity index (χ2v) is 4.45. The predicted molar refractivity (Wildman–Crippen MR) is 42.3 cm³/mol. The molecule has 1 rings (SSSR count). The Morgan fingerprint density at radius 1 is 1.60 bits per heavy atom. The molecule has 1 aliphatic heterocycles. The summed E-state index contributed by atoms with van der Waals surface area (Å²) < 4.78 is 10.9. The normalized spacial score (nSPS) is 32.9. The van der Waals surface area contributed by atoms with Crippen LogP contribution < -0.4 is 0 Å². The molecule has 0 saturated carbocycles. The molecule has 0 aromatic rings. The maximum absolute atomic E-state index is 10.9. The minimum Gasteiger partial charge on any atom is -0.396 e. The van der Waals surface area contributed by atoms with Gasteiger partial charge in [-0.25, -0.2) is 0 Å². The molecule has 0 bridgehead atoms. The first kappa shape index (κ1) is 8.21. The quantitative estimate of drug-likeness (QED) is 0.657. The Hall–Kier alpha value is 0.110. The summed E-state index contributed by atoms with van der Waals surface area (Å²) in [7, 11) is -0.538. The lowest BCUT2D eigenvalue weighted by molar-refractivity contribution is 0.274. The number of hydrogen-bond donors (Lipinski definition) is 1. The van der Waals surface area contributed by atoms with Crippen molar-refractivity contribution in [2.24, 2.45) is 5.92 Å². The van der Waals surface area contributed by atoms with Gasteiger partial charge in [0.2, 0.25) is 0 Å². The molecule has 1 saturated heterocycles. The fourth-order valence-electron chi connectivity index (χ4n) is 1.34. The molecule has 1 aliphatic rings. The van der Waals surface area contributed by atoms with Gasteiger partial charge >= 0.3 is 0 Å². The van der Waals surface area contributed by atoms with Crippen LogP contribution in [-0.2, 0) is 10.8 Å². The molecule has 0 aromatic heterocycles. The van der Waals surface area contributed by atoms with Gasteiger partial charge in [0.1, 0.15) is 0 Å². The highest BCUT2D eigenvalue weighted by molar-refractivity contribution is 7.85. The third kappa shape index (κ3) is 2.39. The summed E-state index contributed by atoms with van der Waals surface area (Å²) in [5.74, 6) is 2.39. The second kappa shape index (κ2) is 4.09. The third-order valence-electron chi connectivity index (χ3n) is 1.95. The largest absolute Gasteiger partial charge is 0.396 e. The average Bonchev–Trinajstić information content (AvgIpc) is 2.31. The molecule has 2 nitrogen and oxygen atoms in total. The van der Waals surface area contributed by atoms with E-state index in [0.29, 0.717) is 5.92 Å². The summed E-state index contributed by atoms with van der Waals surface area (Å²) in [6, 6.07) is 0. The molecule has 0 aromatic carbocycles. The van der Waals surface area contributed by atoms with Gasteiger partial charge in [-0.1, -0.05) is 0 Å². The van der Waals surface area contributed by atoms with E-state index in [2.05, 4.69) is 0 Å². The van der Waals surface area contributed by atoms with Crippen LogP contribution in [0.5, 0.6) is 0 Å². The first-order valence-corrected chi connectivity index (χ1v) is 5.27. The van der Waals surface area contributed by atoms with E-state index in [1.165, 1.54) is 0 Å². The first-order valence-electron chi connectivity index (χ1n) is 3.78. The smallest absolute Gasteiger partial charge is 0.0431 e. The standard InChI is InChI=1S/C7H14O2S/c8-4-1-2-7-3-5-10(9)6-7/h7-8H,1-6H2. The van der Waals surface area contributed by atoms with E-state index in [-0.39, 0.29) is 6.61 Å². The van der Waals surface area contributed by atoms with Gasteiger partial charge in [-0.05, 0) is 25.2 Å². The Morgan fingerprint density at radius 2 is 2.40 bits per heavy atom. The van der Waals surface area contributed by atoms with Crippen LogP contribution in [0.15, 0.2) is 0 Å². The van der Waals surface area contributed by atoms with E-state index in [9.17, 15) is 4.21 Å². The molecule has 1 N–H and O–H groups in total. The van der Waals surface area contributed by atoms with Crippen molar-refractivity contribution in [1.29, 1.82) is 0 Å². The molecule has 2 unspecified atom stereocenters. The lowest BCUT2D eigenvalue weighted by Crippen LogP contribution is -2.00. The molecule has 0 radical (unpaired) electrons. The molecule has 3 heteroatoms. The highest BCUT2D eigenvalue weighted by Gasteiger charge is 2.19. The van der Waals surface area contributed by atoms with Crippen molar-refractivity contribution in [3.63, 3.8) is 0 Å². The zero-order valence-electron chi connectivity index (χ0n) is 6.08. The van der Waals surface area contributed by atoms with Crippen molar-refractivity contribution in [1.82, 2.24) is 0 Å². The SMILES string of the molecule is O=S1CCC(CCCO)C1. The molecule has 2 atom stereocenters. The van der Waals surface area contributed by atoms with E-state index in [0.717, 1.165) is 30.8 Å². The highest BCUT2D eigenvalue weighted by Crippen LogP contribution is 2.19. The maximum Gasteiger partial charge on any atom is 0.0431 e. The summed E-state index contributed by atoms with van der Waals surface area (Å²) in [5, 5.41) is 8.52. The van der Waals surface area contributed by atoms with Crippen molar-refractivity contribution in [3.8, 4) is 0 Å². The number of hydrogen-bond acceptors (Lipinski definition) is 2. The number of rotatable bonds is 3. The summed E-state index contributed by atoms with van der Waals surface area (Å²) in [6.07, 6.45) is 3.04. The van der Waals surface area contributed by atoms with E-state index >= 15 is 0 Å². The van der Waals surface area contributed by atoms with Crippen molar-refractivity contribution < 1.29 is 9.32 Å². The average molecular weight is 162 g/mol. The zero-order valence-corrected chi connectivity index (χ0v) is 6.90. The lowest BCUT2D eigenvalue weighted by atomic mass is 10.0. The molecule has 60 valence electrons. The zero-order chi connectivity index (χ0) is 7.40. The van der Waals surface area contributed by atoms with Gasteiger partial charge in [-0.3, -0.25) is 4.21 Å². The van der Waals surface area contributed by atoms with Crippen LogP contribution in [-0.4, -0.2) is 27.4 Å². The molecule has 1 heterocycles. The van der Waals surface area contributed by atoms with Gasteiger partial charge in [0.25, 0.3) is 0 Å². The fraction of sp³-hybridized carbons (Fsp3) is 1.00. The van der Waals surface area contributed by atoms with Crippen molar-refractivity contribution in [3.05, 3.63) is 0 Å². The van der Waals surface area contributed by atoms with E-state index < -0.39 is 10.8 Å². The molecular formula is C7H14O2S. The molecule has 0 aliphatic carbocycles. The van der Waals surface area contributed by atoms with Crippen molar-refractivity contribution in [2.75, 3.05) is 18.1 Å². The summed E-state index contributed by atoms with van der Waals surface area (Å²) >= 11 is 0. The van der Waals surface area contributed by atoms with Crippen LogP contribution in [0.25, 0.3) is 0 Å². The molecule has 0 spiro atoms. The van der Waals surface area contributed by atoms with Crippen LogP contribution in [0.3, 0.4) is 0 Å². The molecule has 0 amide bonds. The third-order valence-corrected chi connectivity index (χ3v) is 3.48. The second-order valence-electron chi connectivity index (χ2n) is 2.83. The fourth-order valence-corrected chi connectivity index (χ4v) is 2.96. The topological polar surface area (TPSA) is 37.3 Å². The first-order chi connectivity index (χ1) is 4.83. The molecular weight excluding hydrogens is 148 g/mol. The van der Waals surface area contributed by atoms with Crippen molar-refractivity contribution >= 4 is 10.8 Å². The van der Waals surface area contributed by atoms with Crippen LogP contribution in [0.4, 0.5) is 0 Å². The van der Waals surface area contributed by atoms with Gasteiger partial charge in [0, 0.05) is 28.9 Å². The van der Waals surface area contributed by atoms with Crippen LogP contribution in [0.1, 0.15) is 19.3 Å². The van der Waals surface area contributed by atoms with Gasteiger partial charge in [-0.2, -0.15) is 0 Å². The molecule has 1 fully saturated rings.